The summed E-state index contributed by atoms with van der Waals surface area (Å²) in [5.41, 5.74) is 1.56. The van der Waals surface area contributed by atoms with E-state index in [9.17, 15) is 4.79 Å². The molecule has 1 heterocycles. The molecule has 1 aromatic carbocycles. The summed E-state index contributed by atoms with van der Waals surface area (Å²) in [6.07, 6.45) is 4.53. The molecule has 112 valence electrons. The van der Waals surface area contributed by atoms with Crippen LogP contribution in [0.3, 0.4) is 0 Å². The molecule has 2 rings (SSSR count). The molecular formula is C16H22N4O. The summed E-state index contributed by atoms with van der Waals surface area (Å²) in [6, 6.07) is 9.76. The Balaban J connectivity index is 1.85. The molecule has 0 saturated heterocycles. The Morgan fingerprint density at radius 1 is 1.29 bits per heavy atom. The van der Waals surface area contributed by atoms with Gasteiger partial charge in [0.25, 0.3) is 5.91 Å². The van der Waals surface area contributed by atoms with Crippen molar-refractivity contribution in [3.8, 4) is 0 Å². The van der Waals surface area contributed by atoms with Crippen LogP contribution in [0, 0.1) is 0 Å². The first-order valence-electron chi connectivity index (χ1n) is 7.28. The summed E-state index contributed by atoms with van der Waals surface area (Å²) < 4.78 is 1.86. The number of aryl methyl sites for hydroxylation is 1. The smallest absolute Gasteiger partial charge is 0.253 e. The van der Waals surface area contributed by atoms with E-state index in [1.807, 2.05) is 41.2 Å². The lowest BCUT2D eigenvalue weighted by molar-refractivity contribution is 0.0953. The van der Waals surface area contributed by atoms with Crippen LogP contribution in [-0.2, 0) is 6.54 Å². The lowest BCUT2D eigenvalue weighted by Crippen LogP contribution is -2.26. The molecule has 0 saturated carbocycles. The molecular weight excluding hydrogens is 264 g/mol. The largest absolute Gasteiger partial charge is 0.382 e. The van der Waals surface area contributed by atoms with Crippen LogP contribution in [-0.4, -0.2) is 28.3 Å². The van der Waals surface area contributed by atoms with Gasteiger partial charge >= 0.3 is 0 Å². The molecule has 0 bridgehead atoms. The number of benzene rings is 1. The topological polar surface area (TPSA) is 59.0 Å². The predicted molar refractivity (Wildman–Crippen MR) is 84.4 cm³/mol. The Kier molecular flexibility index (Phi) is 5.37. The lowest BCUT2D eigenvalue weighted by atomic mass is 10.1. The number of nitrogens with one attached hydrogen (secondary N) is 2. The number of nitrogens with zero attached hydrogens (tertiary/aromatic N) is 2. The maximum Gasteiger partial charge on any atom is 0.253 e. The summed E-state index contributed by atoms with van der Waals surface area (Å²) >= 11 is 0. The molecule has 0 fully saturated rings. The Morgan fingerprint density at radius 3 is 2.81 bits per heavy atom. The molecule has 0 radical (unpaired) electrons. The number of anilines is 1. The third-order valence-corrected chi connectivity index (χ3v) is 3.02. The van der Waals surface area contributed by atoms with Gasteiger partial charge in [-0.25, -0.2) is 0 Å². The Bertz CT molecular complexity index is 563. The average molecular weight is 286 g/mol. The van der Waals surface area contributed by atoms with Crippen LogP contribution in [0.4, 0.5) is 5.69 Å². The van der Waals surface area contributed by atoms with Crippen molar-refractivity contribution in [1.29, 1.82) is 0 Å². The van der Waals surface area contributed by atoms with E-state index in [0.717, 1.165) is 18.7 Å². The maximum atomic E-state index is 12.2. The van der Waals surface area contributed by atoms with Crippen LogP contribution in [0.2, 0.25) is 0 Å². The summed E-state index contributed by atoms with van der Waals surface area (Å²) in [5.74, 6) is -0.0424. The van der Waals surface area contributed by atoms with E-state index in [0.29, 0.717) is 18.2 Å². The number of aromatic nitrogens is 2. The molecule has 0 aliphatic carbocycles. The van der Waals surface area contributed by atoms with E-state index in [1.54, 1.807) is 6.20 Å². The van der Waals surface area contributed by atoms with Crippen molar-refractivity contribution in [1.82, 2.24) is 15.1 Å². The Morgan fingerprint density at radius 2 is 2.10 bits per heavy atom. The van der Waals surface area contributed by atoms with Gasteiger partial charge in [0.05, 0.1) is 5.56 Å². The van der Waals surface area contributed by atoms with E-state index < -0.39 is 0 Å². The fourth-order valence-electron chi connectivity index (χ4n) is 2.09. The van der Waals surface area contributed by atoms with E-state index in [-0.39, 0.29) is 5.91 Å². The molecule has 1 amide bonds. The minimum Gasteiger partial charge on any atom is -0.382 e. The van der Waals surface area contributed by atoms with Crippen molar-refractivity contribution >= 4 is 11.6 Å². The monoisotopic (exact) mass is 286 g/mol. The van der Waals surface area contributed by atoms with Crippen LogP contribution in [0.5, 0.6) is 0 Å². The molecule has 0 unspecified atom stereocenters. The fraction of sp³-hybridized carbons (Fsp3) is 0.375. The standard InChI is InChI=1S/C16H22N4O/c1-13(2)19-15-8-4-3-7-14(15)16(21)17-9-5-11-20-12-6-10-18-20/h3-4,6-8,10,12-13,19H,5,9,11H2,1-2H3,(H,17,21). The highest BCUT2D eigenvalue weighted by atomic mass is 16.1. The van der Waals surface area contributed by atoms with Crippen molar-refractivity contribution in [3.05, 3.63) is 48.3 Å². The Labute approximate surface area is 125 Å². The van der Waals surface area contributed by atoms with Crippen LogP contribution >= 0.6 is 0 Å². The normalized spacial score (nSPS) is 10.6. The van der Waals surface area contributed by atoms with Gasteiger partial charge in [0.2, 0.25) is 0 Å². The highest BCUT2D eigenvalue weighted by Crippen LogP contribution is 2.15. The van der Waals surface area contributed by atoms with Gasteiger partial charge < -0.3 is 10.6 Å². The van der Waals surface area contributed by atoms with Gasteiger partial charge in [0, 0.05) is 37.2 Å². The van der Waals surface area contributed by atoms with E-state index in [4.69, 9.17) is 0 Å². The lowest BCUT2D eigenvalue weighted by Gasteiger charge is -2.14. The highest BCUT2D eigenvalue weighted by molar-refractivity contribution is 5.99. The number of amides is 1. The van der Waals surface area contributed by atoms with Crippen molar-refractivity contribution < 1.29 is 4.79 Å². The SMILES string of the molecule is CC(C)Nc1ccccc1C(=O)NCCCn1cccn1. The molecule has 2 N–H and O–H groups in total. The van der Waals surface area contributed by atoms with Gasteiger partial charge in [-0.2, -0.15) is 5.10 Å². The van der Waals surface area contributed by atoms with Crippen molar-refractivity contribution in [2.45, 2.75) is 32.9 Å². The van der Waals surface area contributed by atoms with Gasteiger partial charge in [-0.3, -0.25) is 9.48 Å². The Hall–Kier alpha value is -2.30. The molecule has 5 nitrogen and oxygen atoms in total. The minimum atomic E-state index is -0.0424. The number of carbonyl (C=O) groups excluding carboxylic acids is 1. The summed E-state index contributed by atoms with van der Waals surface area (Å²) in [7, 11) is 0. The molecule has 0 aliphatic heterocycles. The number of para-hydroxylation sites is 1. The van der Waals surface area contributed by atoms with E-state index >= 15 is 0 Å². The second-order valence-corrected chi connectivity index (χ2v) is 5.22. The summed E-state index contributed by atoms with van der Waals surface area (Å²) in [4.78, 5) is 12.2. The van der Waals surface area contributed by atoms with Gasteiger partial charge in [0.15, 0.2) is 0 Å². The van der Waals surface area contributed by atoms with Crippen LogP contribution in [0.25, 0.3) is 0 Å². The average Bonchev–Trinajstić information content (AvgIpc) is 2.96. The second kappa shape index (κ2) is 7.47. The van der Waals surface area contributed by atoms with E-state index in [2.05, 4.69) is 29.6 Å². The number of rotatable bonds is 7. The number of hydrogen-bond donors (Lipinski definition) is 2. The molecule has 1 aromatic heterocycles. The first-order valence-corrected chi connectivity index (χ1v) is 7.28. The third kappa shape index (κ3) is 4.63. The van der Waals surface area contributed by atoms with Crippen LogP contribution in [0.1, 0.15) is 30.6 Å². The number of carbonyl (C=O) groups is 1. The second-order valence-electron chi connectivity index (χ2n) is 5.22. The zero-order valence-corrected chi connectivity index (χ0v) is 12.5. The quantitative estimate of drug-likeness (QED) is 0.769. The molecule has 5 heteroatoms. The van der Waals surface area contributed by atoms with E-state index in [1.165, 1.54) is 0 Å². The molecule has 21 heavy (non-hydrogen) atoms. The third-order valence-electron chi connectivity index (χ3n) is 3.02. The fourth-order valence-corrected chi connectivity index (χ4v) is 2.09. The van der Waals surface area contributed by atoms with Crippen LogP contribution < -0.4 is 10.6 Å². The van der Waals surface area contributed by atoms with Crippen LogP contribution in [0.15, 0.2) is 42.7 Å². The van der Waals surface area contributed by atoms with Gasteiger partial charge in [-0.15, -0.1) is 0 Å². The predicted octanol–water partition coefficient (Wildman–Crippen LogP) is 2.52. The van der Waals surface area contributed by atoms with Gasteiger partial charge in [-0.05, 0) is 38.5 Å². The maximum absolute atomic E-state index is 12.2. The molecule has 2 aromatic rings. The molecule has 0 atom stereocenters. The van der Waals surface area contributed by atoms with Crippen molar-refractivity contribution in [2.24, 2.45) is 0 Å². The zero-order chi connectivity index (χ0) is 15.1. The summed E-state index contributed by atoms with van der Waals surface area (Å²) in [5, 5.41) is 10.4. The van der Waals surface area contributed by atoms with Gasteiger partial charge in [0.1, 0.15) is 0 Å². The first kappa shape index (κ1) is 15.1. The van der Waals surface area contributed by atoms with Crippen molar-refractivity contribution in [2.75, 3.05) is 11.9 Å². The van der Waals surface area contributed by atoms with Gasteiger partial charge in [-0.1, -0.05) is 12.1 Å². The molecule has 0 spiro atoms. The minimum absolute atomic E-state index is 0.0424. The van der Waals surface area contributed by atoms with Crippen molar-refractivity contribution in [3.63, 3.8) is 0 Å². The molecule has 0 aliphatic rings. The number of hydrogen-bond acceptors (Lipinski definition) is 3. The first-order chi connectivity index (χ1) is 10.2. The zero-order valence-electron chi connectivity index (χ0n) is 12.5. The summed E-state index contributed by atoms with van der Waals surface area (Å²) in [6.45, 7) is 5.55. The highest BCUT2D eigenvalue weighted by Gasteiger charge is 2.10.